The lowest BCUT2D eigenvalue weighted by Gasteiger charge is -2.38. The van der Waals surface area contributed by atoms with E-state index in [1.165, 1.54) is 7.11 Å². The number of Topliss-reactive ketones (excluding diaryl/α,β-unsaturated/α-hetero) is 1. The third-order valence-electron chi connectivity index (χ3n) is 6.24. The van der Waals surface area contributed by atoms with Crippen molar-refractivity contribution >= 4 is 27.7 Å². The Balaban J connectivity index is 1.82. The van der Waals surface area contributed by atoms with Gasteiger partial charge in [0.1, 0.15) is 11.9 Å². The van der Waals surface area contributed by atoms with Gasteiger partial charge in [-0.05, 0) is 72.7 Å². The number of aromatic hydroxyl groups is 1. The van der Waals surface area contributed by atoms with E-state index < -0.39 is 11.8 Å². The smallest absolute Gasteiger partial charge is 0.336 e. The van der Waals surface area contributed by atoms with Crippen LogP contribution in [0.25, 0.3) is 0 Å². The number of nitrogens with one attached hydrogen (secondary N) is 1. The van der Waals surface area contributed by atoms with Crippen LogP contribution in [-0.2, 0) is 14.3 Å². The Kier molecular flexibility index (Phi) is 5.91. The molecule has 7 heteroatoms. The summed E-state index contributed by atoms with van der Waals surface area (Å²) in [4.78, 5) is 26.3. The molecule has 0 spiro atoms. The Morgan fingerprint density at radius 3 is 2.67 bits per heavy atom. The number of hydrogen-bond donors (Lipinski definition) is 2. The second kappa shape index (κ2) is 8.46. The molecule has 2 N–H and O–H groups in total. The van der Waals surface area contributed by atoms with Gasteiger partial charge in [-0.3, -0.25) is 4.79 Å². The van der Waals surface area contributed by atoms with Crippen molar-refractivity contribution in [3.05, 3.63) is 45.2 Å². The van der Waals surface area contributed by atoms with Crippen molar-refractivity contribution in [2.24, 2.45) is 5.92 Å². The van der Waals surface area contributed by atoms with Crippen LogP contribution in [-0.4, -0.2) is 30.1 Å². The topological polar surface area (TPSA) is 84.9 Å². The van der Waals surface area contributed by atoms with Crippen molar-refractivity contribution in [3.8, 4) is 11.5 Å². The minimum Gasteiger partial charge on any atom is -0.503 e. The van der Waals surface area contributed by atoms with Gasteiger partial charge in [-0.25, -0.2) is 4.79 Å². The van der Waals surface area contributed by atoms with E-state index in [9.17, 15) is 14.7 Å². The highest BCUT2D eigenvalue weighted by atomic mass is 79.9. The normalized spacial score (nSPS) is 24.2. The van der Waals surface area contributed by atoms with Gasteiger partial charge in [-0.1, -0.05) is 6.08 Å². The van der Waals surface area contributed by atoms with E-state index in [1.54, 1.807) is 12.1 Å². The lowest BCUT2D eigenvalue weighted by Crippen LogP contribution is -2.41. The summed E-state index contributed by atoms with van der Waals surface area (Å²) in [6.45, 7) is 1.85. The van der Waals surface area contributed by atoms with E-state index in [4.69, 9.17) is 9.47 Å². The quantitative estimate of drug-likeness (QED) is 0.624. The molecule has 1 aromatic carbocycles. The van der Waals surface area contributed by atoms with Gasteiger partial charge in [0.25, 0.3) is 0 Å². The fraction of sp³-hybridized carbons (Fsp3) is 0.478. The first kappa shape index (κ1) is 21.0. The lowest BCUT2D eigenvalue weighted by atomic mass is 9.71. The molecule has 2 atom stereocenters. The summed E-state index contributed by atoms with van der Waals surface area (Å²) in [6.07, 6.45) is 6.97. The first-order valence-corrected chi connectivity index (χ1v) is 11.2. The van der Waals surface area contributed by atoms with E-state index in [1.807, 2.05) is 13.0 Å². The number of carbonyl (C=O) groups excluding carboxylic acids is 2. The molecule has 0 saturated heterocycles. The zero-order valence-electron chi connectivity index (χ0n) is 17.2. The van der Waals surface area contributed by atoms with Crippen molar-refractivity contribution in [1.82, 2.24) is 5.32 Å². The van der Waals surface area contributed by atoms with Crippen molar-refractivity contribution < 1.29 is 24.2 Å². The number of rotatable bonds is 4. The molecular weight excluding hydrogens is 450 g/mol. The number of benzene rings is 1. The number of phenols is 1. The molecule has 1 aromatic rings. The molecule has 0 bridgehead atoms. The molecule has 3 aliphatic rings. The highest BCUT2D eigenvalue weighted by Crippen LogP contribution is 2.47. The number of allylic oxidation sites excluding steroid dienone is 3. The number of fused-ring (bicyclic) bond motifs is 1. The number of methoxy groups -OCH3 is 1. The predicted molar refractivity (Wildman–Crippen MR) is 115 cm³/mol. The van der Waals surface area contributed by atoms with Crippen LogP contribution < -0.4 is 10.1 Å². The molecule has 0 aromatic heterocycles. The third kappa shape index (κ3) is 3.75. The van der Waals surface area contributed by atoms with Crippen LogP contribution in [0.2, 0.25) is 0 Å². The number of ketones is 1. The molecule has 1 heterocycles. The average Bonchev–Trinajstić information content (AvgIpc) is 3.22. The standard InChI is InChI=1S/C23H26BrNO5/c1-12-19(23(28)30-14-6-3-4-7-14)20(21-16(25-12)8-5-9-17(21)26)13-10-15(24)22(27)18(11-13)29-2/h8,10-11,14,20-21,25,27H,3-7,9H2,1-2H3. The number of carbonyl (C=O) groups is 2. The maximum atomic E-state index is 13.3. The zero-order valence-corrected chi connectivity index (χ0v) is 18.8. The minimum absolute atomic E-state index is 0.0169. The molecule has 160 valence electrons. The molecule has 4 rings (SSSR count). The Morgan fingerprint density at radius 1 is 1.23 bits per heavy atom. The van der Waals surface area contributed by atoms with Crippen molar-refractivity contribution in [1.29, 1.82) is 0 Å². The summed E-state index contributed by atoms with van der Waals surface area (Å²) in [5.74, 6) is -1.02. The average molecular weight is 476 g/mol. The van der Waals surface area contributed by atoms with Crippen LogP contribution >= 0.6 is 15.9 Å². The summed E-state index contributed by atoms with van der Waals surface area (Å²) >= 11 is 3.37. The van der Waals surface area contributed by atoms with E-state index in [0.717, 1.165) is 36.9 Å². The minimum atomic E-state index is -0.509. The van der Waals surface area contributed by atoms with Gasteiger partial charge < -0.3 is 19.9 Å². The number of phenolic OH excluding ortho intramolecular Hbond substituents is 1. The first-order valence-electron chi connectivity index (χ1n) is 10.4. The summed E-state index contributed by atoms with van der Waals surface area (Å²) in [5.41, 5.74) is 2.72. The van der Waals surface area contributed by atoms with Crippen LogP contribution in [0.15, 0.2) is 39.6 Å². The fourth-order valence-corrected chi connectivity index (χ4v) is 5.25. The van der Waals surface area contributed by atoms with E-state index in [0.29, 0.717) is 28.6 Å². The van der Waals surface area contributed by atoms with E-state index in [-0.39, 0.29) is 29.4 Å². The van der Waals surface area contributed by atoms with Crippen LogP contribution in [0, 0.1) is 5.92 Å². The Bertz CT molecular complexity index is 945. The van der Waals surface area contributed by atoms with Crippen LogP contribution in [0.3, 0.4) is 0 Å². The molecule has 2 unspecified atom stereocenters. The van der Waals surface area contributed by atoms with Crippen LogP contribution in [0.5, 0.6) is 11.5 Å². The Labute approximate surface area is 184 Å². The molecule has 1 saturated carbocycles. The second-order valence-corrected chi connectivity index (χ2v) is 9.00. The molecule has 1 fully saturated rings. The third-order valence-corrected chi connectivity index (χ3v) is 6.85. The molecule has 0 amide bonds. The molecule has 0 radical (unpaired) electrons. The maximum Gasteiger partial charge on any atom is 0.336 e. The summed E-state index contributed by atoms with van der Waals surface area (Å²) < 4.78 is 11.6. The summed E-state index contributed by atoms with van der Waals surface area (Å²) in [6, 6.07) is 3.45. The van der Waals surface area contributed by atoms with Crippen molar-refractivity contribution in [2.75, 3.05) is 7.11 Å². The lowest BCUT2D eigenvalue weighted by molar-refractivity contribution is -0.144. The molecule has 6 nitrogen and oxygen atoms in total. The highest BCUT2D eigenvalue weighted by Gasteiger charge is 2.44. The molecule has 2 aliphatic carbocycles. The highest BCUT2D eigenvalue weighted by molar-refractivity contribution is 9.10. The fourth-order valence-electron chi connectivity index (χ4n) is 4.79. The van der Waals surface area contributed by atoms with Gasteiger partial charge in [0, 0.05) is 23.7 Å². The number of hydrogen-bond acceptors (Lipinski definition) is 6. The first-order chi connectivity index (χ1) is 14.4. The Morgan fingerprint density at radius 2 is 1.97 bits per heavy atom. The Hall–Kier alpha value is -2.28. The monoisotopic (exact) mass is 475 g/mol. The van der Waals surface area contributed by atoms with Crippen LogP contribution in [0.4, 0.5) is 0 Å². The van der Waals surface area contributed by atoms with Crippen molar-refractivity contribution in [3.63, 3.8) is 0 Å². The zero-order chi connectivity index (χ0) is 21.4. The predicted octanol–water partition coefficient (Wildman–Crippen LogP) is 4.47. The maximum absolute atomic E-state index is 13.3. The molecular formula is C23H26BrNO5. The van der Waals surface area contributed by atoms with Crippen LogP contribution in [0.1, 0.15) is 56.9 Å². The molecule has 30 heavy (non-hydrogen) atoms. The number of ether oxygens (including phenoxy) is 2. The van der Waals surface area contributed by atoms with Gasteiger partial charge in [-0.15, -0.1) is 0 Å². The van der Waals surface area contributed by atoms with Gasteiger partial charge in [0.15, 0.2) is 11.5 Å². The van der Waals surface area contributed by atoms with Crippen molar-refractivity contribution in [2.45, 2.75) is 57.5 Å². The van der Waals surface area contributed by atoms with Gasteiger partial charge >= 0.3 is 5.97 Å². The number of esters is 1. The van der Waals surface area contributed by atoms with E-state index in [2.05, 4.69) is 21.2 Å². The van der Waals surface area contributed by atoms with E-state index >= 15 is 0 Å². The van der Waals surface area contributed by atoms with Gasteiger partial charge in [0.2, 0.25) is 0 Å². The summed E-state index contributed by atoms with van der Waals surface area (Å²) in [5, 5.41) is 13.5. The summed E-state index contributed by atoms with van der Waals surface area (Å²) in [7, 11) is 1.47. The number of halogens is 1. The van der Waals surface area contributed by atoms with Gasteiger partial charge in [0.05, 0.1) is 23.1 Å². The van der Waals surface area contributed by atoms with Gasteiger partial charge in [-0.2, -0.15) is 0 Å². The largest absolute Gasteiger partial charge is 0.503 e. The second-order valence-electron chi connectivity index (χ2n) is 8.15. The SMILES string of the molecule is COc1cc(C2C(C(=O)OC3CCCC3)=C(C)NC3=CCCC(=O)C32)cc(Br)c1O. The molecule has 1 aliphatic heterocycles.